The number of hydrogen-bond acceptors (Lipinski definition) is 5. The number of nitro groups is 1. The van der Waals surface area contributed by atoms with Gasteiger partial charge < -0.3 is 4.84 Å². The van der Waals surface area contributed by atoms with Gasteiger partial charge in [0, 0.05) is 12.1 Å². The van der Waals surface area contributed by atoms with Crippen LogP contribution >= 0.6 is 11.6 Å². The van der Waals surface area contributed by atoms with Crippen LogP contribution in [0.3, 0.4) is 0 Å². The second-order valence-corrected chi connectivity index (χ2v) is 5.93. The van der Waals surface area contributed by atoms with Crippen molar-refractivity contribution < 1.29 is 18.2 Å². The third kappa shape index (κ3) is 3.69. The van der Waals surface area contributed by atoms with Crippen LogP contribution in [-0.2, 0) is 10.0 Å². The Balaban J connectivity index is 2.15. The predicted molar refractivity (Wildman–Crippen MR) is 75.5 cm³/mol. The minimum atomic E-state index is -3.87. The Kier molecular flexibility index (Phi) is 4.41. The van der Waals surface area contributed by atoms with E-state index in [2.05, 4.69) is 0 Å². The van der Waals surface area contributed by atoms with Gasteiger partial charge in [0.1, 0.15) is 0 Å². The zero-order chi connectivity index (χ0) is 15.5. The van der Waals surface area contributed by atoms with E-state index >= 15 is 0 Å². The molecule has 110 valence electrons. The van der Waals surface area contributed by atoms with Gasteiger partial charge in [-0.2, -0.15) is 0 Å². The summed E-state index contributed by atoms with van der Waals surface area (Å²) in [6.07, 6.45) is 0. The van der Waals surface area contributed by atoms with E-state index in [1.165, 1.54) is 18.2 Å². The van der Waals surface area contributed by atoms with Gasteiger partial charge in [-0.3, -0.25) is 10.1 Å². The molecule has 2 aromatic rings. The third-order valence-corrected chi connectivity index (χ3v) is 3.93. The van der Waals surface area contributed by atoms with Crippen molar-refractivity contribution in [1.82, 2.24) is 4.89 Å². The molecule has 0 bridgehead atoms. The fourth-order valence-electron chi connectivity index (χ4n) is 1.43. The smallest absolute Gasteiger partial charge is 0.271 e. The molecule has 2 rings (SSSR count). The molecular formula is C12H9ClN2O5S. The molecule has 0 fully saturated rings. The average molecular weight is 329 g/mol. The maximum atomic E-state index is 11.9. The minimum Gasteiger partial charge on any atom is -0.392 e. The lowest BCUT2D eigenvalue weighted by Gasteiger charge is -2.09. The topological polar surface area (TPSA) is 98.5 Å². The van der Waals surface area contributed by atoms with E-state index in [0.29, 0.717) is 0 Å². The maximum Gasteiger partial charge on any atom is 0.271 e. The lowest BCUT2D eigenvalue weighted by atomic mass is 10.3. The van der Waals surface area contributed by atoms with Crippen LogP contribution in [0.15, 0.2) is 53.4 Å². The van der Waals surface area contributed by atoms with Gasteiger partial charge in [-0.15, -0.1) is 0 Å². The Bertz CT molecular complexity index is 764. The molecule has 0 saturated heterocycles. The Hall–Kier alpha value is -2.16. The number of nitrogens with one attached hydrogen (secondary N) is 1. The summed E-state index contributed by atoms with van der Waals surface area (Å²) in [5.74, 6) is -0.0400. The van der Waals surface area contributed by atoms with Crippen molar-refractivity contribution in [3.8, 4) is 5.75 Å². The Labute approximate surface area is 125 Å². The molecule has 0 spiro atoms. The number of hydrogen-bond donors (Lipinski definition) is 1. The molecule has 0 aliphatic rings. The van der Waals surface area contributed by atoms with Gasteiger partial charge in [0.25, 0.3) is 15.7 Å². The first-order valence-corrected chi connectivity index (χ1v) is 7.44. The van der Waals surface area contributed by atoms with E-state index in [4.69, 9.17) is 16.4 Å². The van der Waals surface area contributed by atoms with Gasteiger partial charge in [-0.1, -0.05) is 29.8 Å². The third-order valence-electron chi connectivity index (χ3n) is 2.44. The fourth-order valence-corrected chi connectivity index (χ4v) is 2.46. The normalized spacial score (nSPS) is 11.1. The summed E-state index contributed by atoms with van der Waals surface area (Å²) >= 11 is 5.78. The summed E-state index contributed by atoms with van der Waals surface area (Å²) in [6, 6.07) is 11.0. The van der Waals surface area contributed by atoms with Gasteiger partial charge in [-0.25, -0.2) is 8.42 Å². The van der Waals surface area contributed by atoms with Crippen LogP contribution in [0.4, 0.5) is 5.69 Å². The molecule has 0 saturated carbocycles. The Morgan fingerprint density at radius 3 is 2.38 bits per heavy atom. The maximum absolute atomic E-state index is 11.9. The van der Waals surface area contributed by atoms with Crippen molar-refractivity contribution in [1.29, 1.82) is 0 Å². The van der Waals surface area contributed by atoms with Gasteiger partial charge in [0.15, 0.2) is 5.75 Å². The van der Waals surface area contributed by atoms with Crippen molar-refractivity contribution in [2.75, 3.05) is 0 Å². The molecule has 0 aliphatic heterocycles. The first-order valence-electron chi connectivity index (χ1n) is 5.58. The molecule has 0 aliphatic carbocycles. The van der Waals surface area contributed by atoms with Crippen molar-refractivity contribution in [3.63, 3.8) is 0 Å². The SMILES string of the molecule is O=[N+]([O-])c1ccc(ONS(=O)(=O)c2ccccc2)c(Cl)c1. The number of nitro benzene ring substituents is 1. The number of non-ortho nitro benzene ring substituents is 1. The highest BCUT2D eigenvalue weighted by molar-refractivity contribution is 7.89. The standard InChI is InChI=1S/C12H9ClN2O5S/c13-11-8-9(15(16)17)6-7-12(11)20-14-21(18,19)10-4-2-1-3-5-10/h1-8,14H. The van der Waals surface area contributed by atoms with Crippen molar-refractivity contribution in [3.05, 3.63) is 63.7 Å². The van der Waals surface area contributed by atoms with Crippen LogP contribution in [0.5, 0.6) is 5.75 Å². The van der Waals surface area contributed by atoms with Gasteiger partial charge in [0.2, 0.25) is 0 Å². The van der Waals surface area contributed by atoms with E-state index in [9.17, 15) is 18.5 Å². The molecule has 1 N–H and O–H groups in total. The van der Waals surface area contributed by atoms with Crippen LogP contribution in [0.2, 0.25) is 5.02 Å². The predicted octanol–water partition coefficient (Wildman–Crippen LogP) is 2.52. The van der Waals surface area contributed by atoms with Gasteiger partial charge in [0.05, 0.1) is 14.8 Å². The molecule has 0 aromatic heterocycles. The van der Waals surface area contributed by atoms with Crippen LogP contribution in [0, 0.1) is 10.1 Å². The van der Waals surface area contributed by atoms with Crippen molar-refractivity contribution >= 4 is 27.3 Å². The number of nitrogens with zero attached hydrogens (tertiary/aromatic N) is 1. The van der Waals surface area contributed by atoms with E-state index in [-0.39, 0.29) is 21.4 Å². The first-order chi connectivity index (χ1) is 9.90. The number of rotatable bonds is 5. The van der Waals surface area contributed by atoms with Crippen LogP contribution in [0.1, 0.15) is 0 Å². The number of halogens is 1. The zero-order valence-electron chi connectivity index (χ0n) is 10.4. The fraction of sp³-hybridized carbons (Fsp3) is 0. The molecule has 0 radical (unpaired) electrons. The highest BCUT2D eigenvalue weighted by Gasteiger charge is 2.16. The number of benzene rings is 2. The molecule has 0 amide bonds. The second kappa shape index (κ2) is 6.08. The summed E-state index contributed by atoms with van der Waals surface area (Å²) in [5.41, 5.74) is -0.224. The summed E-state index contributed by atoms with van der Waals surface area (Å²) in [4.78, 5) is 16.8. The molecule has 7 nitrogen and oxygen atoms in total. The lowest BCUT2D eigenvalue weighted by molar-refractivity contribution is -0.384. The first kappa shape index (κ1) is 15.2. The van der Waals surface area contributed by atoms with Crippen molar-refractivity contribution in [2.45, 2.75) is 4.90 Å². The van der Waals surface area contributed by atoms with Crippen LogP contribution in [-0.4, -0.2) is 13.3 Å². The van der Waals surface area contributed by atoms with Gasteiger partial charge >= 0.3 is 0 Å². The molecular weight excluding hydrogens is 320 g/mol. The van der Waals surface area contributed by atoms with E-state index in [1.54, 1.807) is 18.2 Å². The van der Waals surface area contributed by atoms with E-state index < -0.39 is 14.9 Å². The summed E-state index contributed by atoms with van der Waals surface area (Å²) < 4.78 is 23.8. The molecule has 0 unspecified atom stereocenters. The lowest BCUT2D eigenvalue weighted by Crippen LogP contribution is -2.27. The Morgan fingerprint density at radius 2 is 1.81 bits per heavy atom. The van der Waals surface area contributed by atoms with Crippen molar-refractivity contribution in [2.24, 2.45) is 0 Å². The molecule has 2 aromatic carbocycles. The summed E-state index contributed by atoms with van der Waals surface area (Å²) in [6.45, 7) is 0. The van der Waals surface area contributed by atoms with E-state index in [1.807, 2.05) is 4.89 Å². The van der Waals surface area contributed by atoms with Crippen LogP contribution < -0.4 is 9.72 Å². The highest BCUT2D eigenvalue weighted by atomic mass is 35.5. The minimum absolute atomic E-state index is 0.0167. The molecule has 9 heteroatoms. The monoisotopic (exact) mass is 328 g/mol. The van der Waals surface area contributed by atoms with Crippen LogP contribution in [0.25, 0.3) is 0 Å². The Morgan fingerprint density at radius 1 is 1.14 bits per heavy atom. The summed E-state index contributed by atoms with van der Waals surface area (Å²) in [5, 5.41) is 10.5. The second-order valence-electron chi connectivity index (χ2n) is 3.87. The highest BCUT2D eigenvalue weighted by Crippen LogP contribution is 2.28. The average Bonchev–Trinajstić information content (AvgIpc) is 2.46. The quantitative estimate of drug-likeness (QED) is 0.671. The van der Waals surface area contributed by atoms with E-state index in [0.717, 1.165) is 12.1 Å². The van der Waals surface area contributed by atoms with Gasteiger partial charge in [-0.05, 0) is 23.1 Å². The molecule has 21 heavy (non-hydrogen) atoms. The zero-order valence-corrected chi connectivity index (χ0v) is 12.0. The number of sulfonamides is 1. The summed E-state index contributed by atoms with van der Waals surface area (Å²) in [7, 11) is -3.87. The molecule has 0 heterocycles. The largest absolute Gasteiger partial charge is 0.392 e. The molecule has 0 atom stereocenters.